The molecule has 0 aromatic heterocycles. The van der Waals surface area contributed by atoms with Gasteiger partial charge in [-0.1, -0.05) is 0 Å². The van der Waals surface area contributed by atoms with Crippen LogP contribution in [0.5, 0.6) is 0 Å². The molecule has 0 unspecified atom stereocenters. The van der Waals surface area contributed by atoms with Gasteiger partial charge in [-0.15, -0.1) is 0 Å². The third-order valence-electron chi connectivity index (χ3n) is 2.24. The molecule has 14 heavy (non-hydrogen) atoms. The molecule has 1 heterocycles. The quantitative estimate of drug-likeness (QED) is 0.556. The average molecular weight is 265 g/mol. The summed E-state index contributed by atoms with van der Waals surface area (Å²) in [6.07, 6.45) is 1.91. The number of hydrogen-bond donors (Lipinski definition) is 0. The summed E-state index contributed by atoms with van der Waals surface area (Å²) in [5.41, 5.74) is 0.143. The van der Waals surface area contributed by atoms with Gasteiger partial charge in [-0.3, -0.25) is 0 Å². The molecule has 0 aromatic carbocycles. The number of rotatable bonds is 2. The van der Waals surface area contributed by atoms with Gasteiger partial charge >= 0.3 is 96.8 Å². The average Bonchev–Trinajstić information content (AvgIpc) is 2.47. The molecule has 0 amide bonds. The van der Waals surface area contributed by atoms with Gasteiger partial charge in [0.1, 0.15) is 0 Å². The summed E-state index contributed by atoms with van der Waals surface area (Å²) < 4.78 is 1.14. The molecule has 0 aliphatic carbocycles. The normalized spacial score (nSPS) is 24.4. The summed E-state index contributed by atoms with van der Waals surface area (Å²) in [5.74, 6) is 0. The molecule has 0 bridgehead atoms. The van der Waals surface area contributed by atoms with Crippen molar-refractivity contribution in [2.75, 3.05) is 19.6 Å². The van der Waals surface area contributed by atoms with Crippen LogP contribution in [0.4, 0.5) is 0 Å². The zero-order valence-electron chi connectivity index (χ0n) is 8.98. The van der Waals surface area contributed by atoms with Crippen molar-refractivity contribution in [3.05, 3.63) is 12.7 Å². The predicted molar refractivity (Wildman–Crippen MR) is 59.1 cm³/mol. The van der Waals surface area contributed by atoms with E-state index in [1.165, 1.54) is 13.6 Å². The fourth-order valence-corrected chi connectivity index (χ4v) is 2.90. The van der Waals surface area contributed by atoms with Crippen LogP contribution in [0.1, 0.15) is 20.8 Å². The van der Waals surface area contributed by atoms with Crippen LogP contribution >= 0.6 is 10.1 Å². The Morgan fingerprint density at radius 1 is 1.50 bits per heavy atom. The van der Waals surface area contributed by atoms with Crippen LogP contribution in [-0.4, -0.2) is 39.6 Å². The van der Waals surface area contributed by atoms with Crippen molar-refractivity contribution in [3.8, 4) is 0 Å². The molecule has 1 saturated heterocycles. The van der Waals surface area contributed by atoms with E-state index in [1.54, 1.807) is 0 Å². The van der Waals surface area contributed by atoms with Crippen molar-refractivity contribution >= 4 is 14.8 Å². The van der Waals surface area contributed by atoms with E-state index >= 15 is 0 Å². The first-order chi connectivity index (χ1) is 6.50. The molecule has 0 atom stereocenters. The first kappa shape index (κ1) is 12.4. The Bertz CT molecular complexity index is 245. The van der Waals surface area contributed by atoms with Gasteiger partial charge in [-0.05, 0) is 0 Å². The molecular formula is C10H18ClCuN2. The van der Waals surface area contributed by atoms with E-state index in [0.29, 0.717) is 0 Å². The van der Waals surface area contributed by atoms with Gasteiger partial charge < -0.3 is 0 Å². The maximum absolute atomic E-state index is 5.89. The fourth-order valence-electron chi connectivity index (χ4n) is 1.53. The van der Waals surface area contributed by atoms with Crippen LogP contribution < -0.4 is 0 Å². The summed E-state index contributed by atoms with van der Waals surface area (Å²) in [6, 6.07) is 0. The minimum absolute atomic E-state index is 0.143. The Morgan fingerprint density at radius 3 is 2.57 bits per heavy atom. The SMILES string of the molecule is C=CCN1CCN(C(C)(C)C)[C]1=[Cu][Cl]. The van der Waals surface area contributed by atoms with Crippen molar-refractivity contribution in [1.29, 1.82) is 0 Å². The van der Waals surface area contributed by atoms with E-state index in [9.17, 15) is 0 Å². The molecule has 2 nitrogen and oxygen atoms in total. The Balaban J connectivity index is 2.80. The van der Waals surface area contributed by atoms with Gasteiger partial charge in [0, 0.05) is 0 Å². The van der Waals surface area contributed by atoms with E-state index < -0.39 is 0 Å². The minimum atomic E-state index is 0.143. The van der Waals surface area contributed by atoms with E-state index in [4.69, 9.17) is 10.1 Å². The molecule has 1 aliphatic rings. The van der Waals surface area contributed by atoms with Crippen molar-refractivity contribution < 1.29 is 13.6 Å². The zero-order chi connectivity index (χ0) is 10.8. The van der Waals surface area contributed by atoms with Crippen molar-refractivity contribution in [3.63, 3.8) is 0 Å². The molecule has 0 aromatic rings. The van der Waals surface area contributed by atoms with Gasteiger partial charge in [0.15, 0.2) is 0 Å². The molecule has 1 aliphatic heterocycles. The molecule has 0 saturated carbocycles. The molecular weight excluding hydrogens is 247 g/mol. The van der Waals surface area contributed by atoms with Gasteiger partial charge in [0.25, 0.3) is 0 Å². The molecule has 86 valence electrons. The summed E-state index contributed by atoms with van der Waals surface area (Å²) in [4.78, 5) is 4.59. The first-order valence-electron chi connectivity index (χ1n) is 4.70. The predicted octanol–water partition coefficient (Wildman–Crippen LogP) is 1.91. The van der Waals surface area contributed by atoms with Crippen LogP contribution in [0.2, 0.25) is 0 Å². The Kier molecular flexibility index (Phi) is 4.35. The van der Waals surface area contributed by atoms with Gasteiger partial charge in [0.05, 0.1) is 0 Å². The second-order valence-corrected chi connectivity index (χ2v) is 5.42. The van der Waals surface area contributed by atoms with E-state index in [2.05, 4.69) is 37.1 Å². The number of hydrogen-bond acceptors (Lipinski definition) is 2. The zero-order valence-corrected chi connectivity index (χ0v) is 10.7. The van der Waals surface area contributed by atoms with Crippen molar-refractivity contribution in [2.24, 2.45) is 0 Å². The Labute approximate surface area is 96.8 Å². The fraction of sp³-hybridized carbons (Fsp3) is 0.700. The van der Waals surface area contributed by atoms with Crippen LogP contribution in [0, 0.1) is 0 Å². The number of halogens is 1. The molecule has 1 rings (SSSR count). The molecule has 1 fully saturated rings. The summed E-state index contributed by atoms with van der Waals surface area (Å²) in [6.45, 7) is 13.3. The Hall–Kier alpha value is 0.339. The maximum atomic E-state index is 5.89. The molecule has 0 radical (unpaired) electrons. The molecule has 0 N–H and O–H groups in total. The van der Waals surface area contributed by atoms with Gasteiger partial charge in [0.2, 0.25) is 0 Å². The third kappa shape index (κ3) is 2.68. The summed E-state index contributed by atoms with van der Waals surface area (Å²) >= 11 is 1.40. The monoisotopic (exact) mass is 264 g/mol. The van der Waals surface area contributed by atoms with Crippen LogP contribution in [0.25, 0.3) is 0 Å². The number of nitrogens with zero attached hydrogens (tertiary/aromatic N) is 2. The second-order valence-electron chi connectivity index (χ2n) is 4.35. The molecule has 0 spiro atoms. The van der Waals surface area contributed by atoms with Gasteiger partial charge in [-0.25, -0.2) is 0 Å². The van der Waals surface area contributed by atoms with Crippen LogP contribution in [0.3, 0.4) is 0 Å². The van der Waals surface area contributed by atoms with Crippen molar-refractivity contribution in [2.45, 2.75) is 26.3 Å². The summed E-state index contributed by atoms with van der Waals surface area (Å²) in [5, 5.41) is 0. The molecule has 4 heteroatoms. The van der Waals surface area contributed by atoms with Crippen LogP contribution in [-0.2, 0) is 13.6 Å². The van der Waals surface area contributed by atoms with E-state index in [1.807, 2.05) is 6.08 Å². The Morgan fingerprint density at radius 2 is 2.14 bits per heavy atom. The summed E-state index contributed by atoms with van der Waals surface area (Å²) in [7, 11) is 5.89. The first-order valence-corrected chi connectivity index (χ1v) is 6.47. The third-order valence-corrected chi connectivity index (χ3v) is 3.37. The standard InChI is InChI=1S/C10H18N2.ClH.Cu/c1-5-6-11-7-8-12(9-11)10(2,3)4;;/h5H,1,6-8H2,2-4H3;1H;/q;;+1/p-1. The second kappa shape index (κ2) is 4.91. The topological polar surface area (TPSA) is 6.48 Å². The van der Waals surface area contributed by atoms with E-state index in [0.717, 1.165) is 24.3 Å². The van der Waals surface area contributed by atoms with Gasteiger partial charge in [-0.2, -0.15) is 0 Å². The van der Waals surface area contributed by atoms with Crippen molar-refractivity contribution in [1.82, 2.24) is 9.80 Å². The van der Waals surface area contributed by atoms with E-state index in [-0.39, 0.29) is 5.54 Å². The van der Waals surface area contributed by atoms with Crippen LogP contribution in [0.15, 0.2) is 12.7 Å².